The monoisotopic (exact) mass is 491 g/mol. The van der Waals surface area contributed by atoms with Crippen molar-refractivity contribution < 1.29 is 18.9 Å². The van der Waals surface area contributed by atoms with Gasteiger partial charge in [0, 0.05) is 39.7 Å². The summed E-state index contributed by atoms with van der Waals surface area (Å²) in [6.45, 7) is 0.386. The van der Waals surface area contributed by atoms with Crippen LogP contribution in [0, 0.1) is 21.8 Å². The van der Waals surface area contributed by atoms with Gasteiger partial charge in [0.2, 0.25) is 6.04 Å². The molecule has 2 heterocycles. The summed E-state index contributed by atoms with van der Waals surface area (Å²) in [4.78, 5) is 39.2. The normalized spacial score (nSPS) is 28.7. The van der Waals surface area contributed by atoms with Crippen molar-refractivity contribution in [3.8, 4) is 0 Å². The van der Waals surface area contributed by atoms with Crippen LogP contribution in [0.15, 0.2) is 36.4 Å². The molecule has 0 aromatic heterocycles. The Labute approximate surface area is 199 Å². The van der Waals surface area contributed by atoms with Gasteiger partial charge in [-0.1, -0.05) is 41.4 Å². The number of carbonyl (C=O) groups excluding carboxylic acids is 2. The van der Waals surface area contributed by atoms with Gasteiger partial charge in [-0.05, 0) is 37.0 Å². The van der Waals surface area contributed by atoms with Gasteiger partial charge < -0.3 is 10.1 Å². The first-order chi connectivity index (χ1) is 15.8. The van der Waals surface area contributed by atoms with Crippen LogP contribution in [0.2, 0.25) is 10.0 Å². The zero-order chi connectivity index (χ0) is 23.5. The Bertz CT molecular complexity index is 1170. The van der Waals surface area contributed by atoms with Gasteiger partial charge in [-0.15, -0.1) is 0 Å². The Hall–Kier alpha value is -2.55. The third-order valence-electron chi connectivity index (χ3n) is 7.08. The number of likely N-dealkylation sites (tertiary alicyclic amines) is 1. The molecule has 2 aromatic rings. The summed E-state index contributed by atoms with van der Waals surface area (Å²) in [5.41, 5.74) is -0.687. The first kappa shape index (κ1) is 22.3. The van der Waals surface area contributed by atoms with Crippen LogP contribution in [0.3, 0.4) is 0 Å². The molecular weight excluding hydrogens is 472 g/mol. The minimum Gasteiger partial charge on any atom is -0.324 e. The fraction of sp³-hybridized carbons (Fsp3) is 0.391. The number of halogens is 3. The van der Waals surface area contributed by atoms with Gasteiger partial charge in [0.15, 0.2) is 0 Å². The third-order valence-corrected chi connectivity index (χ3v) is 7.60. The average molecular weight is 492 g/mol. The maximum atomic E-state index is 15.4. The number of nitrogens with one attached hydrogen (secondary N) is 1. The number of hydrogen-bond acceptors (Lipinski definition) is 5. The molecule has 33 heavy (non-hydrogen) atoms. The van der Waals surface area contributed by atoms with Crippen LogP contribution in [0.4, 0.5) is 10.1 Å². The Morgan fingerprint density at radius 1 is 1.27 bits per heavy atom. The minimum atomic E-state index is -1.58. The summed E-state index contributed by atoms with van der Waals surface area (Å²) in [5.74, 6) is -2.26. The third kappa shape index (κ3) is 3.26. The number of nitrogens with zero attached hydrogens (tertiary/aromatic N) is 2. The molecule has 2 aromatic carbocycles. The van der Waals surface area contributed by atoms with Gasteiger partial charge in [-0.3, -0.25) is 19.8 Å². The fourth-order valence-corrected chi connectivity index (χ4v) is 5.99. The van der Waals surface area contributed by atoms with E-state index >= 15 is 4.39 Å². The van der Waals surface area contributed by atoms with Gasteiger partial charge in [-0.2, -0.15) is 0 Å². The van der Waals surface area contributed by atoms with E-state index in [1.165, 1.54) is 18.2 Å². The zero-order valence-electron chi connectivity index (χ0n) is 17.3. The lowest BCUT2D eigenvalue weighted by Gasteiger charge is -2.38. The van der Waals surface area contributed by atoms with Crippen LogP contribution < -0.4 is 5.32 Å². The van der Waals surface area contributed by atoms with Crippen molar-refractivity contribution in [3.05, 3.63) is 73.5 Å². The lowest BCUT2D eigenvalue weighted by atomic mass is 9.73. The molecule has 4 atom stereocenters. The van der Waals surface area contributed by atoms with Crippen LogP contribution in [0.1, 0.15) is 36.3 Å². The van der Waals surface area contributed by atoms with E-state index in [1.54, 1.807) is 23.1 Å². The second kappa shape index (κ2) is 8.04. The van der Waals surface area contributed by atoms with Crippen LogP contribution in [0.25, 0.3) is 0 Å². The van der Waals surface area contributed by atoms with E-state index in [4.69, 9.17) is 23.2 Å². The number of aldehydes is 1. The molecule has 1 aliphatic carbocycles. The molecule has 1 saturated heterocycles. The Morgan fingerprint density at radius 3 is 2.70 bits per heavy atom. The lowest BCUT2D eigenvalue weighted by Crippen LogP contribution is -2.52. The van der Waals surface area contributed by atoms with Crippen molar-refractivity contribution in [1.82, 2.24) is 4.90 Å². The summed E-state index contributed by atoms with van der Waals surface area (Å²) >= 11 is 12.2. The maximum absolute atomic E-state index is 15.4. The van der Waals surface area contributed by atoms with Crippen LogP contribution in [0.5, 0.6) is 0 Å². The topological polar surface area (TPSA) is 92.5 Å². The number of benzene rings is 2. The highest BCUT2D eigenvalue weighted by molar-refractivity contribution is 6.31. The molecule has 1 N–H and O–H groups in total. The van der Waals surface area contributed by atoms with Crippen molar-refractivity contribution in [3.63, 3.8) is 0 Å². The number of carbonyl (C=O) groups is 2. The predicted molar refractivity (Wildman–Crippen MR) is 121 cm³/mol. The number of hydrogen-bond donors (Lipinski definition) is 1. The van der Waals surface area contributed by atoms with Crippen molar-refractivity contribution in [1.29, 1.82) is 0 Å². The molecule has 1 unspecified atom stereocenters. The van der Waals surface area contributed by atoms with Crippen LogP contribution in [-0.2, 0) is 15.1 Å². The lowest BCUT2D eigenvalue weighted by molar-refractivity contribution is -0.528. The highest BCUT2D eigenvalue weighted by Crippen LogP contribution is 2.59. The van der Waals surface area contributed by atoms with Gasteiger partial charge in [0.25, 0.3) is 5.91 Å². The Balaban J connectivity index is 1.84. The molecular formula is C23H20Cl2FN3O4. The first-order valence-electron chi connectivity index (χ1n) is 10.7. The highest BCUT2D eigenvalue weighted by atomic mass is 35.5. The van der Waals surface area contributed by atoms with Gasteiger partial charge in [0.05, 0.1) is 17.0 Å². The van der Waals surface area contributed by atoms with Gasteiger partial charge in [-0.25, -0.2) is 4.39 Å². The molecule has 0 bridgehead atoms. The summed E-state index contributed by atoms with van der Waals surface area (Å²) in [6, 6.07) is 6.85. The second-order valence-electron chi connectivity index (χ2n) is 8.87. The second-order valence-corrected chi connectivity index (χ2v) is 9.72. The summed E-state index contributed by atoms with van der Waals surface area (Å²) in [6.07, 6.45) is 2.32. The van der Waals surface area contributed by atoms with E-state index < -0.39 is 40.2 Å². The highest BCUT2D eigenvalue weighted by Gasteiger charge is 2.71. The first-order valence-corrected chi connectivity index (χ1v) is 11.5. The van der Waals surface area contributed by atoms with Crippen LogP contribution in [-0.4, -0.2) is 40.6 Å². The number of amides is 1. The van der Waals surface area contributed by atoms with E-state index in [1.807, 2.05) is 0 Å². The number of fused-ring (bicyclic) bond motifs is 2. The van der Waals surface area contributed by atoms with Gasteiger partial charge in [0.1, 0.15) is 17.6 Å². The van der Waals surface area contributed by atoms with Crippen molar-refractivity contribution in [2.45, 2.75) is 42.8 Å². The molecule has 3 aliphatic rings. The van der Waals surface area contributed by atoms with Crippen molar-refractivity contribution in [2.75, 3.05) is 11.9 Å². The summed E-state index contributed by atoms with van der Waals surface area (Å²) in [5, 5.41) is 15.5. The quantitative estimate of drug-likeness (QED) is 0.367. The van der Waals surface area contributed by atoms with E-state index in [0.717, 1.165) is 12.8 Å². The number of rotatable bonds is 6. The number of nitro groups is 1. The smallest absolute Gasteiger partial charge is 0.250 e. The average Bonchev–Trinajstić information content (AvgIpc) is 3.48. The molecule has 1 amide bonds. The maximum Gasteiger partial charge on any atom is 0.250 e. The molecule has 172 valence electrons. The van der Waals surface area contributed by atoms with Crippen molar-refractivity contribution >= 4 is 41.1 Å². The van der Waals surface area contributed by atoms with Gasteiger partial charge >= 0.3 is 0 Å². The molecule has 10 heteroatoms. The Kier molecular flexibility index (Phi) is 5.42. The summed E-state index contributed by atoms with van der Waals surface area (Å²) < 4.78 is 15.4. The Morgan fingerprint density at radius 2 is 2.03 bits per heavy atom. The molecule has 1 saturated carbocycles. The zero-order valence-corrected chi connectivity index (χ0v) is 18.9. The summed E-state index contributed by atoms with van der Waals surface area (Å²) in [7, 11) is 0. The predicted octanol–water partition coefficient (Wildman–Crippen LogP) is 4.39. The molecule has 0 radical (unpaired) electrons. The molecule has 7 nitrogen and oxygen atoms in total. The van der Waals surface area contributed by atoms with Crippen LogP contribution >= 0.6 is 23.2 Å². The van der Waals surface area contributed by atoms with E-state index in [2.05, 4.69) is 5.32 Å². The molecule has 2 aliphatic heterocycles. The largest absolute Gasteiger partial charge is 0.324 e. The fourth-order valence-electron chi connectivity index (χ4n) is 5.64. The number of anilines is 1. The van der Waals surface area contributed by atoms with Crippen molar-refractivity contribution in [2.24, 2.45) is 5.92 Å². The van der Waals surface area contributed by atoms with E-state index in [0.29, 0.717) is 29.1 Å². The standard InChI is InChI=1S/C23H20Cl2FN3O4/c24-13-6-7-15-17(10-13)27-22(31)23(15)19(14-2-1-3-16(25)20(14)26)21(29(32)33)18(8-9-30)28(23)11-12-4-5-12/h1-3,6-7,9-10,12,18-19,21H,4-5,8,11H2,(H,27,31)/t18-,19-,21?,23+/m0/s1. The SMILES string of the molecule is O=CC[C@H]1C([N+](=O)[O-])[C@H](c2cccc(Cl)c2F)[C@]2(C(=O)Nc3cc(Cl)ccc32)N1CC1CC1. The van der Waals surface area contributed by atoms with E-state index in [-0.39, 0.29) is 22.9 Å². The molecule has 5 rings (SSSR count). The minimum absolute atomic E-state index is 0.0173. The molecule has 1 spiro atoms. The van der Waals surface area contributed by atoms with E-state index in [9.17, 15) is 19.7 Å². The molecule has 2 fully saturated rings.